The largest absolute Gasteiger partial charge is 0.383 e. The van der Waals surface area contributed by atoms with Crippen molar-refractivity contribution in [2.75, 3.05) is 49.2 Å². The van der Waals surface area contributed by atoms with E-state index < -0.39 is 17.3 Å². The molecule has 0 aliphatic carbocycles. The van der Waals surface area contributed by atoms with Crippen LogP contribution in [-0.4, -0.2) is 48.2 Å². The van der Waals surface area contributed by atoms with Gasteiger partial charge < -0.3 is 31.9 Å². The summed E-state index contributed by atoms with van der Waals surface area (Å²) >= 11 is 6.65. The highest BCUT2D eigenvalue weighted by molar-refractivity contribution is 7.99. The van der Waals surface area contributed by atoms with E-state index >= 15 is 0 Å². The maximum absolute atomic E-state index is 13.6. The molecule has 3 aromatic rings. The fourth-order valence-electron chi connectivity index (χ4n) is 3.94. The Morgan fingerprint density at radius 1 is 1.03 bits per heavy atom. The van der Waals surface area contributed by atoms with Crippen molar-refractivity contribution in [3.8, 4) is 0 Å². The molecule has 2 aromatic carbocycles. The first kappa shape index (κ1) is 26.1. The van der Waals surface area contributed by atoms with Crippen LogP contribution in [0.5, 0.6) is 0 Å². The van der Waals surface area contributed by atoms with Crippen LogP contribution in [-0.2, 0) is 5.66 Å². The summed E-state index contributed by atoms with van der Waals surface area (Å²) in [6.07, 6.45) is 1.53. The normalized spacial score (nSPS) is 15.9. The molecule has 190 valence electrons. The number of nitrogen functional groups attached to an aromatic ring is 1. The predicted octanol–water partition coefficient (Wildman–Crippen LogP) is 3.96. The Morgan fingerprint density at radius 2 is 1.67 bits per heavy atom. The lowest BCUT2D eigenvalue weighted by molar-refractivity contribution is 0.313. The molecule has 0 bridgehead atoms. The second-order valence-corrected chi connectivity index (χ2v) is 10.5. The molecule has 4 rings (SSSR count). The highest BCUT2D eigenvalue weighted by atomic mass is 32.2. The minimum Gasteiger partial charge on any atom is -0.383 e. The van der Waals surface area contributed by atoms with E-state index in [1.54, 1.807) is 13.0 Å². The van der Waals surface area contributed by atoms with Crippen LogP contribution in [0.1, 0.15) is 12.5 Å². The molecule has 1 unspecified atom stereocenters. The van der Waals surface area contributed by atoms with Gasteiger partial charge in [-0.1, -0.05) is 11.8 Å². The lowest BCUT2D eigenvalue weighted by atomic mass is 10.0. The van der Waals surface area contributed by atoms with Gasteiger partial charge in [-0.2, -0.15) is 0 Å². The highest BCUT2D eigenvalue weighted by Crippen LogP contribution is 2.32. The van der Waals surface area contributed by atoms with E-state index in [1.807, 2.05) is 12.1 Å². The number of aromatic nitrogens is 1. The highest BCUT2D eigenvalue weighted by Gasteiger charge is 2.26. The van der Waals surface area contributed by atoms with Gasteiger partial charge in [0.15, 0.2) is 5.11 Å². The van der Waals surface area contributed by atoms with Gasteiger partial charge in [-0.3, -0.25) is 0 Å². The molecule has 1 saturated heterocycles. The average molecular weight is 530 g/mol. The van der Waals surface area contributed by atoms with Gasteiger partial charge in [0.2, 0.25) is 0 Å². The number of nitrogens with one attached hydrogen (secondary N) is 2. The molecule has 0 spiro atoms. The van der Waals surface area contributed by atoms with Crippen molar-refractivity contribution < 1.29 is 8.78 Å². The van der Waals surface area contributed by atoms with Crippen LogP contribution in [0, 0.1) is 11.6 Å². The van der Waals surface area contributed by atoms with Crippen LogP contribution in [0.15, 0.2) is 64.5 Å². The van der Waals surface area contributed by atoms with E-state index in [2.05, 4.69) is 44.6 Å². The van der Waals surface area contributed by atoms with Gasteiger partial charge in [0.25, 0.3) is 0 Å². The van der Waals surface area contributed by atoms with Gasteiger partial charge in [-0.15, -0.1) is 0 Å². The minimum atomic E-state index is -1.16. The summed E-state index contributed by atoms with van der Waals surface area (Å²) in [6, 6.07) is 13.1. The monoisotopic (exact) mass is 529 g/mol. The second-order valence-electron chi connectivity index (χ2n) is 8.93. The van der Waals surface area contributed by atoms with Crippen molar-refractivity contribution in [1.29, 1.82) is 0 Å². The Hall–Kier alpha value is -2.99. The molecule has 0 amide bonds. The van der Waals surface area contributed by atoms with Gasteiger partial charge >= 0.3 is 0 Å². The molecule has 11 heteroatoms. The van der Waals surface area contributed by atoms with Crippen molar-refractivity contribution in [2.45, 2.75) is 22.4 Å². The van der Waals surface area contributed by atoms with Gasteiger partial charge in [0.05, 0.1) is 0 Å². The summed E-state index contributed by atoms with van der Waals surface area (Å²) in [5.74, 6) is -1.08. The Kier molecular flexibility index (Phi) is 7.94. The maximum Gasteiger partial charge on any atom is 0.172 e. The summed E-state index contributed by atoms with van der Waals surface area (Å²) in [5.41, 5.74) is 14.0. The van der Waals surface area contributed by atoms with E-state index in [4.69, 9.17) is 23.7 Å². The number of halogens is 2. The number of anilines is 3. The Bertz CT molecular complexity index is 1210. The van der Waals surface area contributed by atoms with Crippen molar-refractivity contribution in [2.24, 2.45) is 5.73 Å². The molecule has 36 heavy (non-hydrogen) atoms. The number of likely N-dealkylation sites (N-methyl/N-ethyl adjacent to an activating group) is 1. The number of rotatable bonds is 6. The van der Waals surface area contributed by atoms with E-state index in [-0.39, 0.29) is 5.82 Å². The SMILES string of the molecule is CN1CCN(c2ccc(NC(=S)NC(C)(N)c3cc(Sc4cc(F)cc(F)c4)cnc3N)cc2)CC1. The van der Waals surface area contributed by atoms with Crippen LogP contribution in [0.25, 0.3) is 0 Å². The summed E-state index contributed by atoms with van der Waals surface area (Å²) in [7, 11) is 2.13. The lowest BCUT2D eigenvalue weighted by Gasteiger charge is -2.34. The quantitative estimate of drug-likeness (QED) is 0.280. The smallest absolute Gasteiger partial charge is 0.172 e. The maximum atomic E-state index is 13.6. The first-order valence-electron chi connectivity index (χ1n) is 11.4. The van der Waals surface area contributed by atoms with Crippen LogP contribution >= 0.6 is 24.0 Å². The number of nitrogens with zero attached hydrogens (tertiary/aromatic N) is 3. The minimum absolute atomic E-state index is 0.224. The molecule has 1 aliphatic heterocycles. The molecule has 0 saturated carbocycles. The lowest BCUT2D eigenvalue weighted by Crippen LogP contribution is -2.52. The zero-order valence-corrected chi connectivity index (χ0v) is 21.7. The first-order chi connectivity index (χ1) is 17.1. The average Bonchev–Trinajstić information content (AvgIpc) is 2.80. The van der Waals surface area contributed by atoms with Crippen LogP contribution in [0.3, 0.4) is 0 Å². The van der Waals surface area contributed by atoms with E-state index in [0.29, 0.717) is 20.5 Å². The third-order valence-corrected chi connectivity index (χ3v) is 7.03. The van der Waals surface area contributed by atoms with E-state index in [0.717, 1.165) is 49.7 Å². The molecular weight excluding hydrogens is 500 g/mol. The third-order valence-electron chi connectivity index (χ3n) is 5.89. The van der Waals surface area contributed by atoms with Crippen molar-refractivity contribution in [1.82, 2.24) is 15.2 Å². The number of benzene rings is 2. The molecule has 1 fully saturated rings. The van der Waals surface area contributed by atoms with Crippen LogP contribution in [0.2, 0.25) is 0 Å². The summed E-state index contributed by atoms with van der Waals surface area (Å²) < 4.78 is 27.1. The van der Waals surface area contributed by atoms with E-state index in [9.17, 15) is 8.78 Å². The third kappa shape index (κ3) is 6.61. The number of thiocarbonyl (C=S) groups is 1. The number of nitrogens with two attached hydrogens (primary N) is 2. The molecule has 1 aromatic heterocycles. The number of hydrogen-bond donors (Lipinski definition) is 4. The molecule has 1 atom stereocenters. The molecule has 2 heterocycles. The number of piperazine rings is 1. The second kappa shape index (κ2) is 11.0. The topological polar surface area (TPSA) is 95.5 Å². The van der Waals surface area contributed by atoms with E-state index in [1.165, 1.54) is 24.0 Å². The van der Waals surface area contributed by atoms with Crippen molar-refractivity contribution in [3.05, 3.63) is 71.9 Å². The Labute approximate surface area is 219 Å². The van der Waals surface area contributed by atoms with Gasteiger partial charge in [0.1, 0.15) is 23.1 Å². The number of pyridine rings is 1. The van der Waals surface area contributed by atoms with Gasteiger partial charge in [-0.05, 0) is 68.7 Å². The summed E-state index contributed by atoms with van der Waals surface area (Å²) in [5, 5.41) is 6.56. The van der Waals surface area contributed by atoms with Crippen molar-refractivity contribution in [3.63, 3.8) is 0 Å². The van der Waals surface area contributed by atoms with Crippen LogP contribution in [0.4, 0.5) is 26.0 Å². The predicted molar refractivity (Wildman–Crippen MR) is 146 cm³/mol. The Morgan fingerprint density at radius 3 is 2.31 bits per heavy atom. The van der Waals surface area contributed by atoms with Gasteiger partial charge in [0, 0.05) is 65.2 Å². The molecule has 0 radical (unpaired) electrons. The molecule has 1 aliphatic rings. The fraction of sp³-hybridized carbons (Fsp3) is 0.280. The van der Waals surface area contributed by atoms with Gasteiger partial charge in [-0.25, -0.2) is 13.8 Å². The summed E-state index contributed by atoms with van der Waals surface area (Å²) in [6.45, 7) is 5.80. The van der Waals surface area contributed by atoms with Crippen LogP contribution < -0.4 is 27.0 Å². The molecule has 6 N–H and O–H groups in total. The standard InChI is InChI=1S/C25H29F2N7S2/c1-25(29,22-14-21(15-30-23(22)28)36-20-12-16(26)11-17(27)13-20)32-24(35)31-18-3-5-19(6-4-18)34-9-7-33(2)8-10-34/h3-6,11-15H,7-10,29H2,1-2H3,(H2,28,30)(H2,31,32,35). The zero-order chi connectivity index (χ0) is 25.9. The number of hydrogen-bond acceptors (Lipinski definition) is 7. The Balaban J connectivity index is 1.41. The molecular formula is C25H29F2N7S2. The van der Waals surface area contributed by atoms with Crippen molar-refractivity contribution >= 4 is 46.3 Å². The first-order valence-corrected chi connectivity index (χ1v) is 12.6. The summed E-state index contributed by atoms with van der Waals surface area (Å²) in [4.78, 5) is 9.91. The fourth-order valence-corrected chi connectivity index (χ4v) is 5.16. The molecule has 7 nitrogen and oxygen atoms in total. The zero-order valence-electron chi connectivity index (χ0n) is 20.1.